The highest BCUT2D eigenvalue weighted by atomic mass is 16.2. The van der Waals surface area contributed by atoms with E-state index in [0.717, 1.165) is 48.2 Å². The minimum atomic E-state index is -0.534. The van der Waals surface area contributed by atoms with Gasteiger partial charge >= 0.3 is 5.69 Å². The molecule has 5 rings (SSSR count). The van der Waals surface area contributed by atoms with Crippen LogP contribution in [0.15, 0.2) is 77.6 Å². The SMILES string of the molecule is CCn1c(CCCc2ccc(-c3ccc(C(=O)C(=O)NC4CC4)cc3)cc2)nn(Cc2ccc(C(=O)CC(C)(C)C)cc2)c1=O. The molecule has 1 fully saturated rings. The minimum absolute atomic E-state index is 0.0664. The molecule has 8 heteroatoms. The Morgan fingerprint density at radius 1 is 0.822 bits per heavy atom. The number of aryl methyl sites for hydroxylation is 2. The van der Waals surface area contributed by atoms with Crippen LogP contribution in [0.3, 0.4) is 0 Å². The van der Waals surface area contributed by atoms with E-state index in [1.54, 1.807) is 16.7 Å². The van der Waals surface area contributed by atoms with Crippen molar-refractivity contribution < 1.29 is 14.4 Å². The summed E-state index contributed by atoms with van der Waals surface area (Å²) < 4.78 is 3.24. The number of amides is 1. The van der Waals surface area contributed by atoms with Gasteiger partial charge in [-0.05, 0) is 60.3 Å². The number of nitrogens with zero attached hydrogens (tertiary/aromatic N) is 3. The normalized spacial score (nSPS) is 13.1. The molecule has 0 spiro atoms. The molecule has 0 unspecified atom stereocenters. The zero-order valence-corrected chi connectivity index (χ0v) is 26.6. The fourth-order valence-corrected chi connectivity index (χ4v) is 5.38. The number of aromatic nitrogens is 3. The third-order valence-electron chi connectivity index (χ3n) is 8.03. The standard InChI is InChI=1S/C37H42N4O4/c1-5-40-33(39-41(36(40)45)24-26-11-15-29(16-12-26)32(42)23-37(2,3)4)8-6-7-25-9-13-27(14-10-25)28-17-19-30(20-18-28)34(43)35(44)38-31-21-22-31/h9-20,31H,5-8,21-24H2,1-4H3,(H,38,44). The second-order valence-electron chi connectivity index (χ2n) is 13.2. The first-order valence-corrected chi connectivity index (χ1v) is 15.8. The van der Waals surface area contributed by atoms with Crippen LogP contribution in [-0.4, -0.2) is 37.9 Å². The molecule has 1 saturated carbocycles. The third-order valence-corrected chi connectivity index (χ3v) is 8.03. The van der Waals surface area contributed by atoms with Gasteiger partial charge in [0.05, 0.1) is 6.54 Å². The minimum Gasteiger partial charge on any atom is -0.346 e. The summed E-state index contributed by atoms with van der Waals surface area (Å²) in [7, 11) is 0. The fraction of sp³-hybridized carbons (Fsp3) is 0.378. The van der Waals surface area contributed by atoms with Gasteiger partial charge in [-0.25, -0.2) is 9.48 Å². The van der Waals surface area contributed by atoms with Gasteiger partial charge in [-0.15, -0.1) is 0 Å². The molecule has 1 aliphatic rings. The van der Waals surface area contributed by atoms with Crippen LogP contribution in [0.25, 0.3) is 11.1 Å². The van der Waals surface area contributed by atoms with Gasteiger partial charge in [0.25, 0.3) is 5.91 Å². The lowest BCUT2D eigenvalue weighted by molar-refractivity contribution is -0.117. The van der Waals surface area contributed by atoms with E-state index in [-0.39, 0.29) is 22.9 Å². The maximum atomic E-state index is 13.1. The zero-order valence-electron chi connectivity index (χ0n) is 26.6. The van der Waals surface area contributed by atoms with Crippen molar-refractivity contribution in [2.45, 2.75) is 85.4 Å². The molecule has 0 aliphatic heterocycles. The molecule has 0 atom stereocenters. The van der Waals surface area contributed by atoms with Gasteiger partial charge in [0.15, 0.2) is 5.78 Å². The maximum Gasteiger partial charge on any atom is 0.346 e. The highest BCUT2D eigenvalue weighted by Gasteiger charge is 2.27. The summed E-state index contributed by atoms with van der Waals surface area (Å²) in [6.07, 6.45) is 4.75. The highest BCUT2D eigenvalue weighted by Crippen LogP contribution is 2.23. The van der Waals surface area contributed by atoms with E-state index >= 15 is 0 Å². The molecular weight excluding hydrogens is 564 g/mol. The van der Waals surface area contributed by atoms with Gasteiger partial charge in [0.2, 0.25) is 5.78 Å². The predicted molar refractivity (Wildman–Crippen MR) is 176 cm³/mol. The van der Waals surface area contributed by atoms with Crippen molar-refractivity contribution in [1.82, 2.24) is 19.7 Å². The van der Waals surface area contributed by atoms with Gasteiger partial charge in [-0.1, -0.05) is 93.6 Å². The van der Waals surface area contributed by atoms with E-state index in [0.29, 0.717) is 37.1 Å². The summed E-state index contributed by atoms with van der Waals surface area (Å²) in [6.45, 7) is 9.02. The zero-order chi connectivity index (χ0) is 32.1. The number of Topliss-reactive ketones (excluding diaryl/α,β-unsaturated/α-hetero) is 2. The number of rotatable bonds is 13. The summed E-state index contributed by atoms with van der Waals surface area (Å²) in [5, 5.41) is 7.41. The summed E-state index contributed by atoms with van der Waals surface area (Å²) in [5.41, 5.74) is 5.01. The molecule has 4 aromatic rings. The first-order valence-electron chi connectivity index (χ1n) is 15.8. The van der Waals surface area contributed by atoms with Crippen molar-refractivity contribution in [3.05, 3.63) is 111 Å². The number of nitrogens with one attached hydrogen (secondary N) is 1. The van der Waals surface area contributed by atoms with Gasteiger partial charge in [0, 0.05) is 36.6 Å². The van der Waals surface area contributed by atoms with E-state index < -0.39 is 11.7 Å². The van der Waals surface area contributed by atoms with Gasteiger partial charge < -0.3 is 5.32 Å². The van der Waals surface area contributed by atoms with Crippen molar-refractivity contribution in [3.63, 3.8) is 0 Å². The molecule has 234 valence electrons. The Kier molecular flexibility index (Phi) is 9.61. The number of ketones is 2. The Hall–Kier alpha value is -4.59. The lowest BCUT2D eigenvalue weighted by atomic mass is 9.88. The molecule has 1 N–H and O–H groups in total. The summed E-state index contributed by atoms with van der Waals surface area (Å²) >= 11 is 0. The molecule has 0 radical (unpaired) electrons. The molecule has 1 amide bonds. The van der Waals surface area contributed by atoms with Crippen LogP contribution in [0.2, 0.25) is 0 Å². The van der Waals surface area contributed by atoms with Crippen LogP contribution >= 0.6 is 0 Å². The second kappa shape index (κ2) is 13.6. The largest absolute Gasteiger partial charge is 0.346 e. The average molecular weight is 607 g/mol. The highest BCUT2D eigenvalue weighted by molar-refractivity contribution is 6.42. The van der Waals surface area contributed by atoms with E-state index in [4.69, 9.17) is 0 Å². The Bertz CT molecular complexity index is 1720. The molecule has 0 bridgehead atoms. The van der Waals surface area contributed by atoms with Gasteiger partial charge in [-0.2, -0.15) is 5.10 Å². The van der Waals surface area contributed by atoms with Gasteiger partial charge in [0.1, 0.15) is 5.82 Å². The number of hydrogen-bond donors (Lipinski definition) is 1. The lowest BCUT2D eigenvalue weighted by Gasteiger charge is -2.16. The van der Waals surface area contributed by atoms with E-state index in [1.807, 2.05) is 43.3 Å². The van der Waals surface area contributed by atoms with Crippen molar-refractivity contribution in [1.29, 1.82) is 0 Å². The van der Waals surface area contributed by atoms with Crippen LogP contribution in [0.1, 0.15) is 91.0 Å². The third kappa shape index (κ3) is 8.32. The molecule has 1 heterocycles. The van der Waals surface area contributed by atoms with E-state index in [1.165, 1.54) is 10.2 Å². The molecule has 1 aliphatic carbocycles. The Morgan fingerprint density at radius 3 is 1.98 bits per heavy atom. The number of carbonyl (C=O) groups excluding carboxylic acids is 3. The maximum absolute atomic E-state index is 13.1. The molecule has 8 nitrogen and oxygen atoms in total. The van der Waals surface area contributed by atoms with Crippen LogP contribution in [0.5, 0.6) is 0 Å². The Morgan fingerprint density at radius 2 is 1.40 bits per heavy atom. The average Bonchev–Trinajstić information content (AvgIpc) is 3.79. The molecule has 1 aromatic heterocycles. The Balaban J connectivity index is 1.15. The predicted octanol–water partition coefficient (Wildman–Crippen LogP) is 6.04. The van der Waals surface area contributed by atoms with Crippen LogP contribution in [-0.2, 0) is 30.7 Å². The van der Waals surface area contributed by atoms with Crippen LogP contribution in [0.4, 0.5) is 0 Å². The smallest absolute Gasteiger partial charge is 0.346 e. The summed E-state index contributed by atoms with van der Waals surface area (Å²) in [4.78, 5) is 50.0. The Labute approximate surface area is 264 Å². The summed E-state index contributed by atoms with van der Waals surface area (Å²) in [5.74, 6) is -0.138. The quantitative estimate of drug-likeness (QED) is 0.148. The van der Waals surface area contributed by atoms with Crippen molar-refractivity contribution in [3.8, 4) is 11.1 Å². The lowest BCUT2D eigenvalue weighted by Crippen LogP contribution is -2.32. The monoisotopic (exact) mass is 606 g/mol. The van der Waals surface area contributed by atoms with Crippen LogP contribution < -0.4 is 11.0 Å². The first kappa shape index (κ1) is 31.8. The number of benzene rings is 3. The second-order valence-corrected chi connectivity index (χ2v) is 13.2. The van der Waals surface area contributed by atoms with Crippen LogP contribution in [0, 0.1) is 5.41 Å². The topological polar surface area (TPSA) is 103 Å². The first-order chi connectivity index (χ1) is 21.5. The summed E-state index contributed by atoms with van der Waals surface area (Å²) in [6, 6.07) is 23.1. The number of carbonyl (C=O) groups is 3. The van der Waals surface area contributed by atoms with Gasteiger partial charge in [-0.3, -0.25) is 19.0 Å². The fourth-order valence-electron chi connectivity index (χ4n) is 5.38. The van der Waals surface area contributed by atoms with Crippen molar-refractivity contribution >= 4 is 17.5 Å². The number of hydrogen-bond acceptors (Lipinski definition) is 5. The molecular formula is C37H42N4O4. The van der Waals surface area contributed by atoms with Crippen molar-refractivity contribution in [2.24, 2.45) is 5.41 Å². The van der Waals surface area contributed by atoms with E-state index in [9.17, 15) is 19.2 Å². The molecule has 45 heavy (non-hydrogen) atoms. The van der Waals surface area contributed by atoms with Crippen molar-refractivity contribution in [2.75, 3.05) is 0 Å². The molecule has 3 aromatic carbocycles. The molecule has 0 saturated heterocycles. The van der Waals surface area contributed by atoms with E-state index in [2.05, 4.69) is 55.5 Å².